The molecule has 0 aromatic heterocycles. The molecule has 4 bridgehead atoms. The minimum Gasteiger partial charge on any atom is -0.454 e. The van der Waals surface area contributed by atoms with Crippen LogP contribution < -0.4 is 14.8 Å². The van der Waals surface area contributed by atoms with Crippen molar-refractivity contribution in [3.8, 4) is 11.5 Å². The molecule has 6 aliphatic rings. The molecule has 4 saturated carbocycles. The van der Waals surface area contributed by atoms with Crippen molar-refractivity contribution in [2.75, 3.05) is 18.7 Å². The average molecular weight is 485 g/mol. The van der Waals surface area contributed by atoms with Crippen molar-refractivity contribution in [3.63, 3.8) is 0 Å². The Morgan fingerprint density at radius 1 is 1.06 bits per heavy atom. The number of benzene rings is 1. The van der Waals surface area contributed by atoms with E-state index in [2.05, 4.69) is 5.32 Å². The predicted octanol–water partition coefficient (Wildman–Crippen LogP) is 2.46. The highest BCUT2D eigenvalue weighted by molar-refractivity contribution is 5.96. The lowest BCUT2D eigenvalue weighted by Gasteiger charge is -2.56. The van der Waals surface area contributed by atoms with E-state index in [0.29, 0.717) is 34.9 Å². The van der Waals surface area contributed by atoms with Gasteiger partial charge in [0.25, 0.3) is 5.91 Å². The standard InChI is InChI=1S/C26H32N2O7/c1-14(23(30)27-18-2-3-21-22(7-18)34-13-33-21)35-24(31)20-8-19(29)12-28(20)25(32)26-9-15-4-16(10-26)6-17(5-15)11-26/h2-3,7,14-17,19-20,29H,4-6,8-13H2,1H3,(H,27,30)/t14-,15?,16?,17?,19-,20-,26?/m0/s1. The van der Waals surface area contributed by atoms with E-state index >= 15 is 0 Å². The fourth-order valence-corrected chi connectivity index (χ4v) is 7.46. The van der Waals surface area contributed by atoms with Gasteiger partial charge in [-0.05, 0) is 75.3 Å². The van der Waals surface area contributed by atoms with Crippen molar-refractivity contribution in [1.29, 1.82) is 0 Å². The lowest BCUT2D eigenvalue weighted by Crippen LogP contribution is -2.56. The highest BCUT2D eigenvalue weighted by atomic mass is 16.7. The van der Waals surface area contributed by atoms with Gasteiger partial charge in [-0.25, -0.2) is 4.79 Å². The number of carbonyl (C=O) groups excluding carboxylic acids is 3. The molecule has 1 aromatic rings. The number of ether oxygens (including phenoxy) is 3. The number of rotatable bonds is 5. The van der Waals surface area contributed by atoms with Gasteiger partial charge >= 0.3 is 5.97 Å². The number of nitrogens with one attached hydrogen (secondary N) is 1. The zero-order chi connectivity index (χ0) is 24.3. The number of esters is 1. The Hall–Kier alpha value is -2.81. The highest BCUT2D eigenvalue weighted by Gasteiger charge is 2.57. The monoisotopic (exact) mass is 484 g/mol. The molecule has 2 amide bonds. The molecular formula is C26H32N2O7. The summed E-state index contributed by atoms with van der Waals surface area (Å²) in [5.74, 6) is 1.79. The van der Waals surface area contributed by atoms with E-state index in [1.54, 1.807) is 23.1 Å². The van der Waals surface area contributed by atoms with Crippen LogP contribution in [-0.2, 0) is 19.1 Å². The van der Waals surface area contributed by atoms with E-state index in [9.17, 15) is 19.5 Å². The summed E-state index contributed by atoms with van der Waals surface area (Å²) in [7, 11) is 0. The number of aliphatic hydroxyl groups is 1. The molecule has 2 heterocycles. The second kappa shape index (κ2) is 8.40. The molecule has 0 spiro atoms. The van der Waals surface area contributed by atoms with Crippen LogP contribution in [0.2, 0.25) is 0 Å². The molecule has 0 unspecified atom stereocenters. The molecule has 188 valence electrons. The van der Waals surface area contributed by atoms with E-state index in [1.807, 2.05) is 0 Å². The number of carbonyl (C=O) groups is 3. The third-order valence-corrected chi connectivity index (χ3v) is 8.61. The Kier molecular flexibility index (Phi) is 5.43. The molecule has 35 heavy (non-hydrogen) atoms. The molecular weight excluding hydrogens is 452 g/mol. The largest absolute Gasteiger partial charge is 0.454 e. The van der Waals surface area contributed by atoms with Crippen LogP contribution >= 0.6 is 0 Å². The maximum absolute atomic E-state index is 13.8. The van der Waals surface area contributed by atoms with Crippen LogP contribution in [0.5, 0.6) is 11.5 Å². The van der Waals surface area contributed by atoms with Gasteiger partial charge in [-0.3, -0.25) is 9.59 Å². The van der Waals surface area contributed by atoms with Crippen LogP contribution in [0.25, 0.3) is 0 Å². The van der Waals surface area contributed by atoms with Crippen molar-refractivity contribution in [1.82, 2.24) is 4.90 Å². The van der Waals surface area contributed by atoms with Crippen molar-refractivity contribution < 1.29 is 33.7 Å². The van der Waals surface area contributed by atoms with Gasteiger partial charge in [0.1, 0.15) is 6.04 Å². The van der Waals surface area contributed by atoms with Crippen LogP contribution in [0.3, 0.4) is 0 Å². The van der Waals surface area contributed by atoms with E-state index in [4.69, 9.17) is 14.2 Å². The molecule has 1 saturated heterocycles. The number of aliphatic hydroxyl groups excluding tert-OH is 1. The van der Waals surface area contributed by atoms with Gasteiger partial charge in [0.2, 0.25) is 12.7 Å². The van der Waals surface area contributed by atoms with Gasteiger partial charge in [-0.2, -0.15) is 0 Å². The molecule has 2 N–H and O–H groups in total. The Balaban J connectivity index is 1.11. The van der Waals surface area contributed by atoms with Crippen molar-refractivity contribution in [3.05, 3.63) is 18.2 Å². The van der Waals surface area contributed by atoms with Gasteiger partial charge in [0.15, 0.2) is 17.6 Å². The second-order valence-electron chi connectivity index (χ2n) is 11.2. The summed E-state index contributed by atoms with van der Waals surface area (Å²) in [6, 6.07) is 4.15. The smallest absolute Gasteiger partial charge is 0.329 e. The third-order valence-electron chi connectivity index (χ3n) is 8.61. The quantitative estimate of drug-likeness (QED) is 0.617. The summed E-state index contributed by atoms with van der Waals surface area (Å²) in [6.07, 6.45) is 4.61. The molecule has 2 aliphatic heterocycles. The first kappa shape index (κ1) is 22.6. The topological polar surface area (TPSA) is 114 Å². The number of hydrogen-bond acceptors (Lipinski definition) is 7. The SMILES string of the molecule is C[C@H](OC(=O)[C@@H]1C[C@H](O)CN1C(=O)C12CC3CC(CC(C3)C1)C2)C(=O)Nc1ccc2c(c1)OCO2. The summed E-state index contributed by atoms with van der Waals surface area (Å²) in [5, 5.41) is 13.1. The van der Waals surface area contributed by atoms with Crippen LogP contribution in [0.1, 0.15) is 51.9 Å². The van der Waals surface area contributed by atoms with Gasteiger partial charge in [0, 0.05) is 24.7 Å². The molecule has 9 heteroatoms. The molecule has 5 fully saturated rings. The number of nitrogens with zero attached hydrogens (tertiary/aromatic N) is 1. The van der Waals surface area contributed by atoms with Crippen molar-refractivity contribution in [2.24, 2.45) is 23.2 Å². The Labute approximate surface area is 204 Å². The lowest BCUT2D eigenvalue weighted by atomic mass is 9.49. The number of anilines is 1. The molecule has 9 nitrogen and oxygen atoms in total. The summed E-state index contributed by atoms with van der Waals surface area (Å²) >= 11 is 0. The van der Waals surface area contributed by atoms with Crippen molar-refractivity contribution >= 4 is 23.5 Å². The second-order valence-corrected chi connectivity index (χ2v) is 11.2. The normalized spacial score (nSPS) is 35.1. The zero-order valence-corrected chi connectivity index (χ0v) is 19.9. The Morgan fingerprint density at radius 3 is 2.40 bits per heavy atom. The minimum absolute atomic E-state index is 0.00688. The number of β-amino-alcohol motifs (C(OH)–C–C–N with tert-alkyl or cyclic N) is 1. The summed E-state index contributed by atoms with van der Waals surface area (Å²) in [4.78, 5) is 41.2. The van der Waals surface area contributed by atoms with Crippen LogP contribution in [0.4, 0.5) is 5.69 Å². The fraction of sp³-hybridized carbons (Fsp3) is 0.654. The Bertz CT molecular complexity index is 1020. The first-order valence-electron chi connectivity index (χ1n) is 12.7. The fourth-order valence-electron chi connectivity index (χ4n) is 7.46. The van der Waals surface area contributed by atoms with Gasteiger partial charge in [0.05, 0.1) is 11.5 Å². The van der Waals surface area contributed by atoms with E-state index in [0.717, 1.165) is 19.3 Å². The first-order valence-corrected chi connectivity index (χ1v) is 12.7. The summed E-state index contributed by atoms with van der Waals surface area (Å²) in [5.41, 5.74) is 0.0942. The van der Waals surface area contributed by atoms with Gasteiger partial charge < -0.3 is 29.5 Å². The average Bonchev–Trinajstić information content (AvgIpc) is 3.43. The Morgan fingerprint density at radius 2 is 1.71 bits per heavy atom. The number of likely N-dealkylation sites (tertiary alicyclic amines) is 1. The molecule has 0 radical (unpaired) electrons. The zero-order valence-electron chi connectivity index (χ0n) is 19.9. The predicted molar refractivity (Wildman–Crippen MR) is 123 cm³/mol. The van der Waals surface area contributed by atoms with Crippen molar-refractivity contribution in [2.45, 2.75) is 70.1 Å². The summed E-state index contributed by atoms with van der Waals surface area (Å²) in [6.45, 7) is 1.77. The van der Waals surface area contributed by atoms with Crippen LogP contribution in [0.15, 0.2) is 18.2 Å². The maximum atomic E-state index is 13.8. The molecule has 7 rings (SSSR count). The molecule has 4 aliphatic carbocycles. The molecule has 3 atom stereocenters. The van der Waals surface area contributed by atoms with Crippen LogP contribution in [0, 0.1) is 23.2 Å². The first-order chi connectivity index (χ1) is 16.8. The lowest BCUT2D eigenvalue weighted by molar-refractivity contribution is -0.168. The number of fused-ring (bicyclic) bond motifs is 1. The summed E-state index contributed by atoms with van der Waals surface area (Å²) < 4.78 is 16.1. The van der Waals surface area contributed by atoms with E-state index < -0.39 is 35.5 Å². The highest BCUT2D eigenvalue weighted by Crippen LogP contribution is 2.60. The molecule has 1 aromatic carbocycles. The van der Waals surface area contributed by atoms with E-state index in [1.165, 1.54) is 26.2 Å². The van der Waals surface area contributed by atoms with E-state index in [-0.39, 0.29) is 25.7 Å². The number of amides is 2. The minimum atomic E-state index is -1.07. The number of hydrogen-bond donors (Lipinski definition) is 2. The van der Waals surface area contributed by atoms with Crippen LogP contribution in [-0.4, -0.2) is 59.4 Å². The third kappa shape index (κ3) is 4.03. The van der Waals surface area contributed by atoms with Gasteiger partial charge in [-0.1, -0.05) is 0 Å². The van der Waals surface area contributed by atoms with Gasteiger partial charge in [-0.15, -0.1) is 0 Å². The maximum Gasteiger partial charge on any atom is 0.329 e.